The number of rotatable bonds is 8. The molecular weight excluding hydrogens is 482 g/mol. The number of para-hydroxylation sites is 2. The average molecular weight is 512 g/mol. The average Bonchev–Trinajstić information content (AvgIpc) is 2.93. The molecule has 0 atom stereocenters. The van der Waals surface area contributed by atoms with Crippen molar-refractivity contribution in [3.05, 3.63) is 72.3 Å². The molecule has 1 aliphatic rings. The van der Waals surface area contributed by atoms with E-state index in [-0.39, 0.29) is 10.8 Å². The Morgan fingerprint density at radius 2 is 1.42 bits per heavy atom. The van der Waals surface area contributed by atoms with Crippen LogP contribution in [0, 0.1) is 0 Å². The SMILES string of the molecule is COc1ccc(C(=O)Nc2ccc(S(=O)(=O)N3CCN(c4ccccc4OC)CC3)cc2)cc1OC. The molecule has 3 aromatic carbocycles. The zero-order chi connectivity index (χ0) is 25.7. The highest BCUT2D eigenvalue weighted by molar-refractivity contribution is 7.89. The van der Waals surface area contributed by atoms with E-state index in [4.69, 9.17) is 14.2 Å². The Labute approximate surface area is 211 Å². The number of methoxy groups -OCH3 is 3. The third-order valence-corrected chi connectivity index (χ3v) is 7.97. The molecule has 0 aliphatic carbocycles. The molecule has 0 spiro atoms. The molecule has 0 bridgehead atoms. The van der Waals surface area contributed by atoms with Crippen molar-refractivity contribution in [2.75, 3.05) is 57.7 Å². The van der Waals surface area contributed by atoms with Crippen LogP contribution in [0.5, 0.6) is 17.2 Å². The van der Waals surface area contributed by atoms with Gasteiger partial charge in [-0.15, -0.1) is 0 Å². The predicted molar refractivity (Wildman–Crippen MR) is 138 cm³/mol. The lowest BCUT2D eigenvalue weighted by molar-refractivity contribution is 0.102. The molecule has 1 amide bonds. The molecule has 0 saturated carbocycles. The smallest absolute Gasteiger partial charge is 0.255 e. The van der Waals surface area contributed by atoms with Crippen LogP contribution < -0.4 is 24.4 Å². The van der Waals surface area contributed by atoms with Crippen molar-refractivity contribution in [3.63, 3.8) is 0 Å². The molecule has 3 aromatic rings. The van der Waals surface area contributed by atoms with Gasteiger partial charge in [-0.1, -0.05) is 12.1 Å². The molecule has 36 heavy (non-hydrogen) atoms. The maximum atomic E-state index is 13.2. The van der Waals surface area contributed by atoms with Gasteiger partial charge in [-0.25, -0.2) is 8.42 Å². The highest BCUT2D eigenvalue weighted by Gasteiger charge is 2.29. The largest absolute Gasteiger partial charge is 0.495 e. The summed E-state index contributed by atoms with van der Waals surface area (Å²) in [6.45, 7) is 1.83. The minimum atomic E-state index is -3.67. The highest BCUT2D eigenvalue weighted by Crippen LogP contribution is 2.30. The van der Waals surface area contributed by atoms with Crippen molar-refractivity contribution in [2.24, 2.45) is 0 Å². The van der Waals surface area contributed by atoms with E-state index in [9.17, 15) is 13.2 Å². The van der Waals surface area contributed by atoms with Crippen molar-refractivity contribution in [2.45, 2.75) is 4.90 Å². The zero-order valence-electron chi connectivity index (χ0n) is 20.4. The summed E-state index contributed by atoms with van der Waals surface area (Å²) >= 11 is 0. The molecule has 0 unspecified atom stereocenters. The van der Waals surface area contributed by atoms with Gasteiger partial charge < -0.3 is 24.4 Å². The number of nitrogens with zero attached hydrogens (tertiary/aromatic N) is 2. The van der Waals surface area contributed by atoms with Crippen LogP contribution in [-0.4, -0.2) is 66.1 Å². The van der Waals surface area contributed by atoms with Gasteiger partial charge >= 0.3 is 0 Å². The normalized spacial score (nSPS) is 14.2. The van der Waals surface area contributed by atoms with Crippen molar-refractivity contribution in [1.82, 2.24) is 4.31 Å². The van der Waals surface area contributed by atoms with Crippen LogP contribution in [0.15, 0.2) is 71.6 Å². The summed E-state index contributed by atoms with van der Waals surface area (Å²) in [5.41, 5.74) is 1.82. The van der Waals surface area contributed by atoms with E-state index in [2.05, 4.69) is 10.2 Å². The Balaban J connectivity index is 1.41. The van der Waals surface area contributed by atoms with Crippen molar-refractivity contribution in [3.8, 4) is 17.2 Å². The molecule has 9 nitrogen and oxygen atoms in total. The summed E-state index contributed by atoms with van der Waals surface area (Å²) in [5, 5.41) is 2.78. The molecule has 0 radical (unpaired) electrons. The van der Waals surface area contributed by atoms with Crippen LogP contribution in [0.2, 0.25) is 0 Å². The number of ether oxygens (including phenoxy) is 3. The van der Waals surface area contributed by atoms with Crippen LogP contribution in [0.3, 0.4) is 0 Å². The van der Waals surface area contributed by atoms with Crippen molar-refractivity contribution in [1.29, 1.82) is 0 Å². The number of sulfonamides is 1. The second-order valence-corrected chi connectivity index (χ2v) is 10.0. The maximum absolute atomic E-state index is 13.2. The Kier molecular flexibility index (Phi) is 7.66. The number of nitrogens with one attached hydrogen (secondary N) is 1. The summed E-state index contributed by atoms with van der Waals surface area (Å²) in [6.07, 6.45) is 0. The lowest BCUT2D eigenvalue weighted by Crippen LogP contribution is -2.48. The minimum Gasteiger partial charge on any atom is -0.495 e. The van der Waals surface area contributed by atoms with E-state index in [1.54, 1.807) is 37.4 Å². The number of hydrogen-bond acceptors (Lipinski definition) is 7. The van der Waals surface area contributed by atoms with Gasteiger partial charge in [0.15, 0.2) is 11.5 Å². The van der Waals surface area contributed by atoms with Gasteiger partial charge in [0.05, 0.1) is 31.9 Å². The van der Waals surface area contributed by atoms with E-state index >= 15 is 0 Å². The first-order chi connectivity index (χ1) is 17.4. The monoisotopic (exact) mass is 511 g/mol. The molecule has 190 valence electrons. The van der Waals surface area contributed by atoms with Gasteiger partial charge in [-0.2, -0.15) is 4.31 Å². The molecule has 1 aliphatic heterocycles. The van der Waals surface area contributed by atoms with Crippen LogP contribution in [0.4, 0.5) is 11.4 Å². The van der Waals surface area contributed by atoms with Crippen molar-refractivity contribution >= 4 is 27.3 Å². The first kappa shape index (κ1) is 25.3. The molecule has 1 N–H and O–H groups in total. The van der Waals surface area contributed by atoms with E-state index in [0.29, 0.717) is 48.9 Å². The first-order valence-corrected chi connectivity index (χ1v) is 12.8. The zero-order valence-corrected chi connectivity index (χ0v) is 21.2. The van der Waals surface area contributed by atoms with Gasteiger partial charge in [0.2, 0.25) is 10.0 Å². The molecule has 1 heterocycles. The fourth-order valence-corrected chi connectivity index (χ4v) is 5.52. The van der Waals surface area contributed by atoms with Crippen LogP contribution in [0.1, 0.15) is 10.4 Å². The lowest BCUT2D eigenvalue weighted by Gasteiger charge is -2.35. The van der Waals surface area contributed by atoms with Crippen LogP contribution >= 0.6 is 0 Å². The van der Waals surface area contributed by atoms with E-state index in [0.717, 1.165) is 11.4 Å². The standard InChI is InChI=1S/C26H29N3O6S/c1-33-23-7-5-4-6-22(23)28-14-16-29(17-15-28)36(31,32)21-11-9-20(10-12-21)27-26(30)19-8-13-24(34-2)25(18-19)35-3/h4-13,18H,14-17H2,1-3H3,(H,27,30). The maximum Gasteiger partial charge on any atom is 0.255 e. The summed E-state index contributed by atoms with van der Waals surface area (Å²) in [6, 6.07) is 18.7. The second-order valence-electron chi connectivity index (χ2n) is 8.11. The van der Waals surface area contributed by atoms with E-state index < -0.39 is 10.0 Å². The van der Waals surface area contributed by atoms with E-state index in [1.165, 1.54) is 30.7 Å². The topological polar surface area (TPSA) is 97.4 Å². The Bertz CT molecular complexity index is 1320. The summed E-state index contributed by atoms with van der Waals surface area (Å²) in [4.78, 5) is 15.0. The lowest BCUT2D eigenvalue weighted by atomic mass is 10.2. The second kappa shape index (κ2) is 10.9. The summed E-state index contributed by atoms with van der Waals surface area (Å²) in [5.74, 6) is 1.38. The molecule has 1 fully saturated rings. The number of hydrogen-bond donors (Lipinski definition) is 1. The molecule has 10 heteroatoms. The van der Waals surface area contributed by atoms with Crippen LogP contribution in [-0.2, 0) is 10.0 Å². The highest BCUT2D eigenvalue weighted by atomic mass is 32.2. The number of anilines is 2. The molecular formula is C26H29N3O6S. The predicted octanol–water partition coefficient (Wildman–Crippen LogP) is 3.48. The van der Waals surface area contributed by atoms with E-state index in [1.807, 2.05) is 24.3 Å². The summed E-state index contributed by atoms with van der Waals surface area (Å²) < 4.78 is 43.8. The fourth-order valence-electron chi connectivity index (χ4n) is 4.10. The molecule has 1 saturated heterocycles. The summed E-state index contributed by atoms with van der Waals surface area (Å²) in [7, 11) is 0.978. The van der Waals surface area contributed by atoms with Gasteiger partial charge in [-0.3, -0.25) is 4.79 Å². The first-order valence-electron chi connectivity index (χ1n) is 11.4. The number of piperazine rings is 1. The van der Waals surface area contributed by atoms with Gasteiger partial charge in [-0.05, 0) is 54.6 Å². The number of carbonyl (C=O) groups is 1. The van der Waals surface area contributed by atoms with Crippen LogP contribution in [0.25, 0.3) is 0 Å². The third-order valence-electron chi connectivity index (χ3n) is 6.06. The number of amides is 1. The molecule has 4 rings (SSSR count). The van der Waals surface area contributed by atoms with Gasteiger partial charge in [0.25, 0.3) is 5.91 Å². The fraction of sp³-hybridized carbons (Fsp3) is 0.269. The Morgan fingerprint density at radius 3 is 2.06 bits per heavy atom. The number of carbonyl (C=O) groups excluding carboxylic acids is 1. The number of benzene rings is 3. The van der Waals surface area contributed by atoms with Gasteiger partial charge in [0, 0.05) is 37.4 Å². The Hall–Kier alpha value is -3.76. The molecule has 0 aromatic heterocycles. The third kappa shape index (κ3) is 5.24. The minimum absolute atomic E-state index is 0.178. The Morgan fingerprint density at radius 1 is 0.778 bits per heavy atom. The van der Waals surface area contributed by atoms with Gasteiger partial charge in [0.1, 0.15) is 5.75 Å². The van der Waals surface area contributed by atoms with Crippen molar-refractivity contribution < 1.29 is 27.4 Å². The quantitative estimate of drug-likeness (QED) is 0.495.